The summed E-state index contributed by atoms with van der Waals surface area (Å²) >= 11 is 6.34. The van der Waals surface area contributed by atoms with Gasteiger partial charge < -0.3 is 10.6 Å². The molecule has 0 spiro atoms. The van der Waals surface area contributed by atoms with Gasteiger partial charge >= 0.3 is 0 Å². The molecule has 0 unspecified atom stereocenters. The van der Waals surface area contributed by atoms with E-state index in [4.69, 9.17) is 22.6 Å². The maximum absolute atomic E-state index is 8.94. The Morgan fingerprint density at radius 2 is 2.05 bits per heavy atom. The molecule has 0 aliphatic carbocycles. The van der Waals surface area contributed by atoms with Gasteiger partial charge in [-0.15, -0.1) is 0 Å². The molecule has 1 atom stereocenters. The zero-order chi connectivity index (χ0) is 15.4. The van der Waals surface area contributed by atoms with Crippen LogP contribution >= 0.6 is 11.6 Å². The fourth-order valence-electron chi connectivity index (χ4n) is 2.21. The molecule has 4 heteroatoms. The van der Waals surface area contributed by atoms with Gasteiger partial charge in [0.2, 0.25) is 0 Å². The van der Waals surface area contributed by atoms with Gasteiger partial charge in [-0.1, -0.05) is 29.8 Å². The Labute approximate surface area is 130 Å². The smallest absolute Gasteiger partial charge is 0.0991 e. The van der Waals surface area contributed by atoms with E-state index in [2.05, 4.69) is 11.0 Å². The summed E-state index contributed by atoms with van der Waals surface area (Å²) in [6, 6.07) is 15.6. The van der Waals surface area contributed by atoms with Crippen molar-refractivity contribution in [2.24, 2.45) is 5.73 Å². The van der Waals surface area contributed by atoms with Crippen LogP contribution in [0.25, 0.3) is 0 Å². The van der Waals surface area contributed by atoms with Crippen molar-refractivity contribution in [3.8, 4) is 6.07 Å². The lowest BCUT2D eigenvalue weighted by Crippen LogP contribution is -2.17. The second-order valence-corrected chi connectivity index (χ2v) is 5.57. The van der Waals surface area contributed by atoms with Crippen molar-refractivity contribution in [2.75, 3.05) is 11.9 Å². The van der Waals surface area contributed by atoms with Crippen LogP contribution in [0.5, 0.6) is 0 Å². The average molecular weight is 300 g/mol. The second-order valence-electron chi connectivity index (χ2n) is 5.17. The van der Waals surface area contributed by atoms with E-state index in [0.717, 1.165) is 16.8 Å². The maximum atomic E-state index is 8.94. The minimum Gasteiger partial charge on any atom is -0.369 e. The summed E-state index contributed by atoms with van der Waals surface area (Å²) in [6.07, 6.45) is 0. The zero-order valence-electron chi connectivity index (χ0n) is 12.2. The Morgan fingerprint density at radius 1 is 1.29 bits per heavy atom. The average Bonchev–Trinajstić information content (AvgIpc) is 2.47. The van der Waals surface area contributed by atoms with Crippen LogP contribution in [-0.2, 0) is 6.54 Å². The van der Waals surface area contributed by atoms with Gasteiger partial charge in [0.1, 0.15) is 0 Å². The molecule has 0 aliphatic rings. The molecule has 0 aromatic heterocycles. The van der Waals surface area contributed by atoms with Crippen molar-refractivity contribution in [1.29, 1.82) is 5.26 Å². The predicted molar refractivity (Wildman–Crippen MR) is 87.3 cm³/mol. The molecule has 108 valence electrons. The van der Waals surface area contributed by atoms with Gasteiger partial charge in [-0.2, -0.15) is 5.26 Å². The number of hydrogen-bond acceptors (Lipinski definition) is 3. The Balaban J connectivity index is 2.20. The van der Waals surface area contributed by atoms with Crippen molar-refractivity contribution in [1.82, 2.24) is 0 Å². The van der Waals surface area contributed by atoms with Gasteiger partial charge in [-0.3, -0.25) is 0 Å². The van der Waals surface area contributed by atoms with Crippen LogP contribution in [0.4, 0.5) is 5.69 Å². The van der Waals surface area contributed by atoms with Crippen LogP contribution in [0.2, 0.25) is 5.02 Å². The third kappa shape index (κ3) is 3.75. The van der Waals surface area contributed by atoms with E-state index in [0.29, 0.717) is 17.1 Å². The number of nitrogens with two attached hydrogens (primary N) is 1. The number of anilines is 1. The quantitative estimate of drug-likeness (QED) is 0.932. The SMILES string of the molecule is C[C@H](N)c1ccc(N(C)Cc2cccc(C#N)c2)c(Cl)c1. The number of halogens is 1. The van der Waals surface area contributed by atoms with E-state index in [1.165, 1.54) is 0 Å². The van der Waals surface area contributed by atoms with Crippen molar-refractivity contribution < 1.29 is 0 Å². The topological polar surface area (TPSA) is 53.0 Å². The summed E-state index contributed by atoms with van der Waals surface area (Å²) in [7, 11) is 1.98. The molecule has 2 aromatic carbocycles. The van der Waals surface area contributed by atoms with Gasteiger partial charge in [-0.25, -0.2) is 0 Å². The molecule has 0 aliphatic heterocycles. The molecular weight excluding hydrogens is 282 g/mol. The van der Waals surface area contributed by atoms with Crippen LogP contribution in [0.15, 0.2) is 42.5 Å². The Hall–Kier alpha value is -2.02. The van der Waals surface area contributed by atoms with Crippen molar-refractivity contribution >= 4 is 17.3 Å². The van der Waals surface area contributed by atoms with Gasteiger partial charge in [0.05, 0.1) is 22.3 Å². The lowest BCUT2D eigenvalue weighted by molar-refractivity contribution is 0.817. The molecule has 0 heterocycles. The number of rotatable bonds is 4. The number of nitriles is 1. The van der Waals surface area contributed by atoms with Crippen LogP contribution in [0.1, 0.15) is 29.7 Å². The van der Waals surface area contributed by atoms with Crippen LogP contribution in [0.3, 0.4) is 0 Å². The normalized spacial score (nSPS) is 11.8. The third-order valence-electron chi connectivity index (χ3n) is 3.38. The van der Waals surface area contributed by atoms with E-state index in [1.54, 1.807) is 6.07 Å². The molecule has 0 bridgehead atoms. The standard InChI is InChI=1S/C17H18ClN3/c1-12(20)15-6-7-17(16(18)9-15)21(2)11-14-5-3-4-13(8-14)10-19/h3-9,12H,11,20H2,1-2H3/t12-/m0/s1. The fraction of sp³-hybridized carbons (Fsp3) is 0.235. The maximum Gasteiger partial charge on any atom is 0.0991 e. The van der Waals surface area contributed by atoms with Crippen molar-refractivity contribution in [2.45, 2.75) is 19.5 Å². The zero-order valence-corrected chi connectivity index (χ0v) is 12.9. The van der Waals surface area contributed by atoms with Crippen LogP contribution in [-0.4, -0.2) is 7.05 Å². The lowest BCUT2D eigenvalue weighted by Gasteiger charge is -2.21. The fourth-order valence-corrected chi connectivity index (χ4v) is 2.55. The molecule has 2 N–H and O–H groups in total. The van der Waals surface area contributed by atoms with E-state index in [-0.39, 0.29) is 6.04 Å². The monoisotopic (exact) mass is 299 g/mol. The summed E-state index contributed by atoms with van der Waals surface area (Å²) in [4.78, 5) is 2.06. The van der Waals surface area contributed by atoms with Crippen LogP contribution < -0.4 is 10.6 Å². The first-order valence-electron chi connectivity index (χ1n) is 6.76. The van der Waals surface area contributed by atoms with Gasteiger partial charge in [0.25, 0.3) is 0 Å². The molecule has 0 radical (unpaired) electrons. The molecule has 3 nitrogen and oxygen atoms in total. The highest BCUT2D eigenvalue weighted by Gasteiger charge is 2.09. The number of benzene rings is 2. The van der Waals surface area contributed by atoms with Crippen LogP contribution in [0, 0.1) is 11.3 Å². The molecule has 0 saturated carbocycles. The summed E-state index contributed by atoms with van der Waals surface area (Å²) < 4.78 is 0. The largest absolute Gasteiger partial charge is 0.369 e. The first-order valence-corrected chi connectivity index (χ1v) is 7.14. The number of nitrogens with zero attached hydrogens (tertiary/aromatic N) is 2. The van der Waals surface area contributed by atoms with Gasteiger partial charge in [0, 0.05) is 19.6 Å². The Bertz CT molecular complexity index is 674. The summed E-state index contributed by atoms with van der Waals surface area (Å²) in [5.41, 5.74) is 9.57. The van der Waals surface area contributed by atoms with E-state index >= 15 is 0 Å². The first-order chi connectivity index (χ1) is 10.0. The van der Waals surface area contributed by atoms with Gasteiger partial charge in [0.15, 0.2) is 0 Å². The minimum absolute atomic E-state index is 0.0332. The lowest BCUT2D eigenvalue weighted by atomic mass is 10.1. The molecule has 0 saturated heterocycles. The first kappa shape index (κ1) is 15.4. The van der Waals surface area contributed by atoms with E-state index in [1.807, 2.05) is 50.4 Å². The molecule has 2 rings (SSSR count). The van der Waals surface area contributed by atoms with E-state index < -0.39 is 0 Å². The third-order valence-corrected chi connectivity index (χ3v) is 3.69. The van der Waals surface area contributed by atoms with Gasteiger partial charge in [-0.05, 0) is 42.3 Å². The summed E-state index contributed by atoms with van der Waals surface area (Å²) in [6.45, 7) is 2.62. The highest BCUT2D eigenvalue weighted by Crippen LogP contribution is 2.28. The minimum atomic E-state index is -0.0332. The molecular formula is C17H18ClN3. The number of hydrogen-bond donors (Lipinski definition) is 1. The molecule has 21 heavy (non-hydrogen) atoms. The van der Waals surface area contributed by atoms with E-state index in [9.17, 15) is 0 Å². The summed E-state index contributed by atoms with van der Waals surface area (Å²) in [5.74, 6) is 0. The van der Waals surface area contributed by atoms with Crippen molar-refractivity contribution in [3.63, 3.8) is 0 Å². The second kappa shape index (κ2) is 6.62. The highest BCUT2D eigenvalue weighted by atomic mass is 35.5. The molecule has 0 amide bonds. The summed E-state index contributed by atoms with van der Waals surface area (Å²) in [5, 5.41) is 9.63. The molecule has 0 fully saturated rings. The Morgan fingerprint density at radius 3 is 2.67 bits per heavy atom. The Kier molecular flexibility index (Phi) is 4.85. The van der Waals surface area contributed by atoms with Crippen molar-refractivity contribution in [3.05, 3.63) is 64.2 Å². The highest BCUT2D eigenvalue weighted by molar-refractivity contribution is 6.33. The predicted octanol–water partition coefficient (Wildman–Crippen LogP) is 3.87. The molecule has 2 aromatic rings.